The van der Waals surface area contributed by atoms with Gasteiger partial charge in [-0.2, -0.15) is 13.5 Å². The summed E-state index contributed by atoms with van der Waals surface area (Å²) in [6.45, 7) is 1.85. The molecule has 4 aromatic rings. The number of rotatable bonds is 7. The maximum Gasteiger partial charge on any atom is 0.243 e. The van der Waals surface area contributed by atoms with Crippen molar-refractivity contribution in [2.24, 2.45) is 0 Å². The van der Waals surface area contributed by atoms with Crippen LogP contribution in [0.4, 0.5) is 0 Å². The number of hydrogen-bond donors (Lipinski definition) is 2. The Bertz CT molecular complexity index is 1290. The molecule has 2 atom stereocenters. The van der Waals surface area contributed by atoms with E-state index in [-0.39, 0.29) is 16.5 Å². The Hall–Kier alpha value is -3.14. The molecule has 1 amide bonds. The highest BCUT2D eigenvalue weighted by molar-refractivity contribution is 7.89. The number of nitrogens with zero attached hydrogens (tertiary/aromatic N) is 2. The third-order valence-corrected chi connectivity index (χ3v) is 6.86. The van der Waals surface area contributed by atoms with Crippen molar-refractivity contribution in [1.82, 2.24) is 18.8 Å². The van der Waals surface area contributed by atoms with E-state index in [0.717, 1.165) is 17.3 Å². The smallest absolute Gasteiger partial charge is 0.243 e. The zero-order chi connectivity index (χ0) is 21.8. The average Bonchev–Trinajstić information content (AvgIpc) is 3.27. The molecule has 0 saturated carbocycles. The lowest BCUT2D eigenvalue weighted by Gasteiger charge is -2.22. The maximum atomic E-state index is 13.2. The Kier molecular flexibility index (Phi) is 6.08. The van der Waals surface area contributed by atoms with Crippen molar-refractivity contribution in [3.63, 3.8) is 0 Å². The predicted molar refractivity (Wildman–Crippen MR) is 120 cm³/mol. The lowest BCUT2D eigenvalue weighted by atomic mass is 10.1. The van der Waals surface area contributed by atoms with Gasteiger partial charge in [0.1, 0.15) is 22.0 Å². The molecule has 0 unspecified atom stereocenters. The van der Waals surface area contributed by atoms with Crippen molar-refractivity contribution in [3.05, 3.63) is 90.0 Å². The van der Waals surface area contributed by atoms with Crippen LogP contribution in [0.25, 0.3) is 11.0 Å². The Morgan fingerprint density at radius 3 is 2.19 bits per heavy atom. The molecule has 9 heteroatoms. The van der Waals surface area contributed by atoms with Crippen molar-refractivity contribution in [1.29, 1.82) is 0 Å². The van der Waals surface area contributed by atoms with Crippen LogP contribution in [0.3, 0.4) is 0 Å². The molecule has 2 N–H and O–H groups in total. The van der Waals surface area contributed by atoms with E-state index in [1.165, 1.54) is 6.07 Å². The summed E-state index contributed by atoms with van der Waals surface area (Å²) in [5.41, 5.74) is 2.23. The lowest BCUT2D eigenvalue weighted by molar-refractivity contribution is -0.123. The molecule has 0 radical (unpaired) electrons. The SMILES string of the molecule is C[C@H](NC(=O)[C@@H](NS(=O)(=O)c1cccc2nsnc12)c1ccccc1)c1ccccc1. The van der Waals surface area contributed by atoms with E-state index >= 15 is 0 Å². The molecule has 1 aromatic heterocycles. The van der Waals surface area contributed by atoms with E-state index in [1.54, 1.807) is 42.5 Å². The van der Waals surface area contributed by atoms with Gasteiger partial charge in [-0.15, -0.1) is 0 Å². The summed E-state index contributed by atoms with van der Waals surface area (Å²) in [6, 6.07) is 21.6. The Balaban J connectivity index is 1.66. The first-order valence-electron chi connectivity index (χ1n) is 9.59. The van der Waals surface area contributed by atoms with Crippen molar-refractivity contribution in [2.75, 3.05) is 0 Å². The number of aromatic nitrogens is 2. The lowest BCUT2D eigenvalue weighted by Crippen LogP contribution is -2.41. The van der Waals surface area contributed by atoms with E-state index in [4.69, 9.17) is 0 Å². The fourth-order valence-corrected chi connectivity index (χ4v) is 5.21. The van der Waals surface area contributed by atoms with E-state index in [9.17, 15) is 13.2 Å². The van der Waals surface area contributed by atoms with Crippen LogP contribution in [0, 0.1) is 0 Å². The zero-order valence-electron chi connectivity index (χ0n) is 16.6. The molecule has 1 heterocycles. The number of carbonyl (C=O) groups is 1. The van der Waals surface area contributed by atoms with E-state index in [2.05, 4.69) is 18.8 Å². The average molecular weight is 453 g/mol. The first-order valence-corrected chi connectivity index (χ1v) is 11.8. The number of hydrogen-bond acceptors (Lipinski definition) is 6. The molecule has 3 aromatic carbocycles. The summed E-state index contributed by atoms with van der Waals surface area (Å²) in [6.07, 6.45) is 0. The number of benzene rings is 3. The minimum Gasteiger partial charge on any atom is -0.348 e. The minimum absolute atomic E-state index is 0.0106. The number of amides is 1. The Morgan fingerprint density at radius 2 is 1.52 bits per heavy atom. The topological polar surface area (TPSA) is 101 Å². The van der Waals surface area contributed by atoms with Crippen LogP contribution in [-0.2, 0) is 14.8 Å². The van der Waals surface area contributed by atoms with E-state index in [0.29, 0.717) is 11.1 Å². The van der Waals surface area contributed by atoms with Crippen molar-refractivity contribution >= 4 is 38.7 Å². The summed E-state index contributed by atoms with van der Waals surface area (Å²) < 4.78 is 37.2. The van der Waals surface area contributed by atoms with Crippen LogP contribution >= 0.6 is 11.7 Å². The quantitative estimate of drug-likeness (QED) is 0.446. The third-order valence-electron chi connectivity index (χ3n) is 4.86. The van der Waals surface area contributed by atoms with Gasteiger partial charge in [0.2, 0.25) is 15.9 Å². The Morgan fingerprint density at radius 1 is 0.871 bits per heavy atom. The predicted octanol–water partition coefficient (Wildman–Crippen LogP) is 3.59. The largest absolute Gasteiger partial charge is 0.348 e. The molecule has 0 saturated heterocycles. The van der Waals surface area contributed by atoms with Crippen LogP contribution in [-0.4, -0.2) is 23.1 Å². The maximum absolute atomic E-state index is 13.2. The molecule has 0 fully saturated rings. The molecule has 0 spiro atoms. The second-order valence-electron chi connectivity index (χ2n) is 6.99. The second kappa shape index (κ2) is 8.93. The van der Waals surface area contributed by atoms with Gasteiger partial charge in [0.25, 0.3) is 0 Å². The van der Waals surface area contributed by atoms with Crippen LogP contribution < -0.4 is 10.0 Å². The Labute approximate surface area is 184 Å². The molecular formula is C22H20N4O3S2. The highest BCUT2D eigenvalue weighted by Gasteiger charge is 2.29. The molecule has 7 nitrogen and oxygen atoms in total. The van der Waals surface area contributed by atoms with Gasteiger partial charge < -0.3 is 5.32 Å². The van der Waals surface area contributed by atoms with Crippen molar-refractivity contribution < 1.29 is 13.2 Å². The van der Waals surface area contributed by atoms with Gasteiger partial charge in [-0.3, -0.25) is 4.79 Å². The van der Waals surface area contributed by atoms with E-state index < -0.39 is 22.0 Å². The fraction of sp³-hybridized carbons (Fsp3) is 0.136. The second-order valence-corrected chi connectivity index (χ2v) is 9.20. The van der Waals surface area contributed by atoms with Gasteiger partial charge in [-0.1, -0.05) is 66.7 Å². The molecular weight excluding hydrogens is 432 g/mol. The molecule has 0 aliphatic heterocycles. The van der Waals surface area contributed by atoms with Crippen LogP contribution in [0.2, 0.25) is 0 Å². The summed E-state index contributed by atoms with van der Waals surface area (Å²) in [5, 5.41) is 2.91. The number of fused-ring (bicyclic) bond motifs is 1. The standard InChI is InChI=1S/C22H20N4O3S2/c1-15(16-9-4-2-5-10-16)23-22(27)20(17-11-6-3-7-12-17)26-31(28,29)19-14-8-13-18-21(19)25-30-24-18/h2-15,20,26H,1H3,(H,23,27)/t15-,20-/m0/s1. The van der Waals surface area contributed by atoms with Crippen LogP contribution in [0.5, 0.6) is 0 Å². The normalized spacial score (nSPS) is 13.6. The monoisotopic (exact) mass is 452 g/mol. The number of sulfonamides is 1. The van der Waals surface area contributed by atoms with Gasteiger partial charge >= 0.3 is 0 Å². The van der Waals surface area contributed by atoms with Crippen molar-refractivity contribution in [3.8, 4) is 0 Å². The summed E-state index contributed by atoms with van der Waals surface area (Å²) in [5.74, 6) is -0.449. The van der Waals surface area contributed by atoms with Crippen LogP contribution in [0.1, 0.15) is 30.1 Å². The third kappa shape index (κ3) is 4.63. The molecule has 4 rings (SSSR count). The van der Waals surface area contributed by atoms with Gasteiger partial charge in [0.15, 0.2) is 0 Å². The minimum atomic E-state index is -4.06. The highest BCUT2D eigenvalue weighted by atomic mass is 32.2. The number of carbonyl (C=O) groups excluding carboxylic acids is 1. The number of nitrogens with one attached hydrogen (secondary N) is 2. The summed E-state index contributed by atoms with van der Waals surface area (Å²) in [4.78, 5) is 13.2. The van der Waals surface area contributed by atoms with Gasteiger partial charge in [-0.05, 0) is 30.2 Å². The van der Waals surface area contributed by atoms with Gasteiger partial charge in [0.05, 0.1) is 17.8 Å². The molecule has 0 aliphatic carbocycles. The molecule has 0 bridgehead atoms. The summed E-state index contributed by atoms with van der Waals surface area (Å²) >= 11 is 0.939. The molecule has 0 aliphatic rings. The molecule has 31 heavy (non-hydrogen) atoms. The fourth-order valence-electron chi connectivity index (χ4n) is 3.26. The van der Waals surface area contributed by atoms with Crippen molar-refractivity contribution in [2.45, 2.75) is 23.9 Å². The van der Waals surface area contributed by atoms with E-state index in [1.807, 2.05) is 37.3 Å². The highest BCUT2D eigenvalue weighted by Crippen LogP contribution is 2.24. The first-order chi connectivity index (χ1) is 15.0. The van der Waals surface area contributed by atoms with Gasteiger partial charge in [-0.25, -0.2) is 8.42 Å². The van der Waals surface area contributed by atoms with Gasteiger partial charge in [0, 0.05) is 0 Å². The summed E-state index contributed by atoms with van der Waals surface area (Å²) in [7, 11) is -4.06. The molecule has 158 valence electrons. The zero-order valence-corrected chi connectivity index (χ0v) is 18.2. The first kappa shape index (κ1) is 21.1. The van der Waals surface area contributed by atoms with Crippen LogP contribution in [0.15, 0.2) is 83.8 Å².